The molecule has 1 atom stereocenters. The molecular weight excluding hydrogens is 293 g/mol. The number of hydrogen-bond donors (Lipinski definition) is 1. The molecule has 3 nitrogen and oxygen atoms in total. The van der Waals surface area contributed by atoms with Crippen LogP contribution in [0.1, 0.15) is 16.5 Å². The van der Waals surface area contributed by atoms with E-state index in [4.69, 9.17) is 4.74 Å². The van der Waals surface area contributed by atoms with Gasteiger partial charge in [0.15, 0.2) is 0 Å². The standard InChI is InChI=1S/C13H11F3O3S/c1-18-10-6-11(20-7-10)12(17)8-3-2-4-9(5-8)19-13(14,15)16/h2-7,12,17H,1H3. The van der Waals surface area contributed by atoms with E-state index in [0.29, 0.717) is 16.2 Å². The van der Waals surface area contributed by atoms with Crippen molar-refractivity contribution in [2.45, 2.75) is 12.5 Å². The minimum Gasteiger partial charge on any atom is -0.496 e. The number of hydrogen-bond acceptors (Lipinski definition) is 4. The number of aliphatic hydroxyl groups is 1. The fraction of sp³-hybridized carbons (Fsp3) is 0.231. The number of benzene rings is 1. The number of rotatable bonds is 4. The molecule has 108 valence electrons. The zero-order valence-electron chi connectivity index (χ0n) is 10.3. The molecule has 1 N–H and O–H groups in total. The first-order chi connectivity index (χ1) is 9.39. The fourth-order valence-electron chi connectivity index (χ4n) is 1.63. The molecule has 1 heterocycles. The number of thiophene rings is 1. The Hall–Kier alpha value is -1.73. The van der Waals surface area contributed by atoms with Gasteiger partial charge in [-0.2, -0.15) is 0 Å². The Morgan fingerprint density at radius 1 is 1.20 bits per heavy atom. The molecule has 7 heteroatoms. The SMILES string of the molecule is COc1csc(C(O)c2cccc(OC(F)(F)F)c2)c1. The molecule has 0 bridgehead atoms. The smallest absolute Gasteiger partial charge is 0.496 e. The van der Waals surface area contributed by atoms with Gasteiger partial charge in [-0.25, -0.2) is 0 Å². The summed E-state index contributed by atoms with van der Waals surface area (Å²) in [7, 11) is 1.50. The Bertz CT molecular complexity index is 580. The summed E-state index contributed by atoms with van der Waals surface area (Å²) >= 11 is 1.26. The van der Waals surface area contributed by atoms with Crippen LogP contribution in [0.2, 0.25) is 0 Å². The molecule has 0 spiro atoms. The maximum Gasteiger partial charge on any atom is 0.573 e. The van der Waals surface area contributed by atoms with E-state index < -0.39 is 12.5 Å². The summed E-state index contributed by atoms with van der Waals surface area (Å²) in [5, 5.41) is 11.8. The minimum atomic E-state index is -4.75. The van der Waals surface area contributed by atoms with Gasteiger partial charge < -0.3 is 14.6 Å². The van der Waals surface area contributed by atoms with Crippen LogP contribution < -0.4 is 9.47 Å². The Balaban J connectivity index is 2.21. The molecule has 1 aromatic heterocycles. The molecule has 1 aromatic carbocycles. The molecule has 1 unspecified atom stereocenters. The van der Waals surface area contributed by atoms with Crippen LogP contribution in [-0.4, -0.2) is 18.6 Å². The Labute approximate surface area is 117 Å². The molecule has 2 rings (SSSR count). The van der Waals surface area contributed by atoms with E-state index in [1.165, 1.54) is 36.6 Å². The van der Waals surface area contributed by atoms with Crippen molar-refractivity contribution in [1.82, 2.24) is 0 Å². The van der Waals surface area contributed by atoms with E-state index in [2.05, 4.69) is 4.74 Å². The van der Waals surface area contributed by atoms with Gasteiger partial charge in [0.05, 0.1) is 7.11 Å². The van der Waals surface area contributed by atoms with Crippen LogP contribution in [0.5, 0.6) is 11.5 Å². The maximum atomic E-state index is 12.1. The third-order valence-electron chi connectivity index (χ3n) is 2.51. The second-order valence-corrected chi connectivity index (χ2v) is 4.85. The summed E-state index contributed by atoms with van der Waals surface area (Å²) in [6.45, 7) is 0. The number of alkyl halides is 3. The highest BCUT2D eigenvalue weighted by molar-refractivity contribution is 7.10. The van der Waals surface area contributed by atoms with Gasteiger partial charge in [-0.05, 0) is 23.8 Å². The molecule has 0 radical (unpaired) electrons. The van der Waals surface area contributed by atoms with Crippen LogP contribution in [-0.2, 0) is 0 Å². The number of aliphatic hydroxyl groups excluding tert-OH is 1. The van der Waals surface area contributed by atoms with Gasteiger partial charge in [0.1, 0.15) is 17.6 Å². The molecular formula is C13H11F3O3S. The summed E-state index contributed by atoms with van der Waals surface area (Å²) in [5.74, 6) is 0.226. The first kappa shape index (κ1) is 14.7. The van der Waals surface area contributed by atoms with Crippen LogP contribution >= 0.6 is 11.3 Å². The van der Waals surface area contributed by atoms with Gasteiger partial charge >= 0.3 is 6.36 Å². The van der Waals surface area contributed by atoms with E-state index in [0.717, 1.165) is 6.07 Å². The lowest BCUT2D eigenvalue weighted by atomic mass is 10.1. The van der Waals surface area contributed by atoms with Crippen molar-refractivity contribution in [3.8, 4) is 11.5 Å². The van der Waals surface area contributed by atoms with Gasteiger partial charge in [-0.1, -0.05) is 12.1 Å². The average molecular weight is 304 g/mol. The van der Waals surface area contributed by atoms with Gasteiger partial charge in [-0.3, -0.25) is 0 Å². The monoisotopic (exact) mass is 304 g/mol. The first-order valence-corrected chi connectivity index (χ1v) is 6.43. The number of ether oxygens (including phenoxy) is 2. The molecule has 0 aliphatic rings. The van der Waals surface area contributed by atoms with Crippen LogP contribution in [0, 0.1) is 0 Å². The van der Waals surface area contributed by atoms with E-state index in [9.17, 15) is 18.3 Å². The van der Waals surface area contributed by atoms with Crippen molar-refractivity contribution in [2.75, 3.05) is 7.11 Å². The second-order valence-electron chi connectivity index (χ2n) is 3.91. The molecule has 20 heavy (non-hydrogen) atoms. The maximum absolute atomic E-state index is 12.1. The second kappa shape index (κ2) is 5.72. The fourth-order valence-corrected chi connectivity index (χ4v) is 2.50. The van der Waals surface area contributed by atoms with Gasteiger partial charge in [0, 0.05) is 10.3 Å². The van der Waals surface area contributed by atoms with E-state index in [1.807, 2.05) is 0 Å². The molecule has 0 aliphatic carbocycles. The van der Waals surface area contributed by atoms with Crippen LogP contribution in [0.15, 0.2) is 35.7 Å². The zero-order chi connectivity index (χ0) is 14.8. The van der Waals surface area contributed by atoms with Crippen LogP contribution in [0.3, 0.4) is 0 Å². The molecule has 0 saturated heterocycles. The highest BCUT2D eigenvalue weighted by Gasteiger charge is 2.31. The predicted molar refractivity (Wildman–Crippen MR) is 68.1 cm³/mol. The highest BCUT2D eigenvalue weighted by atomic mass is 32.1. The van der Waals surface area contributed by atoms with Crippen molar-refractivity contribution in [1.29, 1.82) is 0 Å². The van der Waals surface area contributed by atoms with Crippen LogP contribution in [0.25, 0.3) is 0 Å². The Kier molecular flexibility index (Phi) is 4.20. The first-order valence-electron chi connectivity index (χ1n) is 5.55. The summed E-state index contributed by atoms with van der Waals surface area (Å²) in [4.78, 5) is 0.575. The third-order valence-corrected chi connectivity index (χ3v) is 3.47. The van der Waals surface area contributed by atoms with Gasteiger partial charge in [0.2, 0.25) is 0 Å². The summed E-state index contributed by atoms with van der Waals surface area (Å²) in [6, 6.07) is 6.89. The van der Waals surface area contributed by atoms with Crippen molar-refractivity contribution in [3.05, 3.63) is 46.2 Å². The molecule has 2 aromatic rings. The van der Waals surface area contributed by atoms with Crippen molar-refractivity contribution < 1.29 is 27.8 Å². The zero-order valence-corrected chi connectivity index (χ0v) is 11.2. The molecule has 0 fully saturated rings. The van der Waals surface area contributed by atoms with E-state index in [1.54, 1.807) is 11.4 Å². The lowest BCUT2D eigenvalue weighted by molar-refractivity contribution is -0.274. The summed E-state index contributed by atoms with van der Waals surface area (Å²) < 4.78 is 45.3. The number of halogens is 3. The Morgan fingerprint density at radius 3 is 2.55 bits per heavy atom. The predicted octanol–water partition coefficient (Wildman–Crippen LogP) is 3.74. The number of methoxy groups -OCH3 is 1. The van der Waals surface area contributed by atoms with Gasteiger partial charge in [-0.15, -0.1) is 24.5 Å². The largest absolute Gasteiger partial charge is 0.573 e. The molecule has 0 saturated carbocycles. The highest BCUT2D eigenvalue weighted by Crippen LogP contribution is 2.33. The lowest BCUT2D eigenvalue weighted by Gasteiger charge is -2.12. The average Bonchev–Trinajstić information content (AvgIpc) is 2.85. The Morgan fingerprint density at radius 2 is 1.95 bits per heavy atom. The quantitative estimate of drug-likeness (QED) is 0.935. The van der Waals surface area contributed by atoms with E-state index >= 15 is 0 Å². The van der Waals surface area contributed by atoms with Gasteiger partial charge in [0.25, 0.3) is 0 Å². The van der Waals surface area contributed by atoms with Crippen molar-refractivity contribution in [3.63, 3.8) is 0 Å². The summed E-state index contributed by atoms with van der Waals surface area (Å²) in [6.07, 6.45) is -5.78. The van der Waals surface area contributed by atoms with E-state index in [-0.39, 0.29) is 5.75 Å². The third kappa shape index (κ3) is 3.64. The molecule has 0 aliphatic heterocycles. The minimum absolute atomic E-state index is 0.316. The summed E-state index contributed by atoms with van der Waals surface area (Å²) in [5.41, 5.74) is 0.316. The van der Waals surface area contributed by atoms with Crippen molar-refractivity contribution >= 4 is 11.3 Å². The van der Waals surface area contributed by atoms with Crippen LogP contribution in [0.4, 0.5) is 13.2 Å². The topological polar surface area (TPSA) is 38.7 Å². The molecule has 0 amide bonds. The normalized spacial score (nSPS) is 13.1. The van der Waals surface area contributed by atoms with Crippen molar-refractivity contribution in [2.24, 2.45) is 0 Å². The lowest BCUT2D eigenvalue weighted by Crippen LogP contribution is -2.17.